The van der Waals surface area contributed by atoms with E-state index in [1.54, 1.807) is 24.4 Å². The maximum absolute atomic E-state index is 11.8. The van der Waals surface area contributed by atoms with Crippen molar-refractivity contribution in [3.63, 3.8) is 0 Å². The maximum Gasteiger partial charge on any atom is 0.205 e. The first kappa shape index (κ1) is 33.3. The average Bonchev–Trinajstić information content (AvgIpc) is 3.15. The van der Waals surface area contributed by atoms with Gasteiger partial charge in [0.1, 0.15) is 36.6 Å². The fourth-order valence-electron chi connectivity index (χ4n) is 7.11. The van der Waals surface area contributed by atoms with Gasteiger partial charge in [0.15, 0.2) is 6.29 Å². The SMILES string of the molecule is [C-]#[N+]c1cncc(COc2cc(OCc3cccc(-c4cccc(-c5ccc(OC6CN7CCC6CC7)cc5)c4C)c3C)c(Cl)cc2C=O)c1. The van der Waals surface area contributed by atoms with E-state index in [4.69, 9.17) is 32.4 Å². The summed E-state index contributed by atoms with van der Waals surface area (Å²) >= 11 is 6.55. The quantitative estimate of drug-likeness (QED) is 0.102. The van der Waals surface area contributed by atoms with Gasteiger partial charge in [-0.05, 0) is 114 Å². The molecule has 5 aromatic rings. The monoisotopic (exact) mass is 683 g/mol. The fourth-order valence-corrected chi connectivity index (χ4v) is 7.34. The Morgan fingerprint density at radius 3 is 2.32 bits per heavy atom. The summed E-state index contributed by atoms with van der Waals surface area (Å²) in [6.45, 7) is 15.4. The summed E-state index contributed by atoms with van der Waals surface area (Å²) in [4.78, 5) is 21.8. The largest absolute Gasteiger partial charge is 0.489 e. The summed E-state index contributed by atoms with van der Waals surface area (Å²) < 4.78 is 18.6. The summed E-state index contributed by atoms with van der Waals surface area (Å²) in [5.41, 5.74) is 9.40. The minimum absolute atomic E-state index is 0.134. The fraction of sp³-hybridized carbons (Fsp3) is 0.262. The van der Waals surface area contributed by atoms with Crippen LogP contribution in [0.3, 0.4) is 0 Å². The molecule has 252 valence electrons. The predicted molar refractivity (Wildman–Crippen MR) is 196 cm³/mol. The van der Waals surface area contributed by atoms with Crippen molar-refractivity contribution >= 4 is 23.6 Å². The third-order valence-corrected chi connectivity index (χ3v) is 10.3. The number of pyridine rings is 1. The zero-order chi connectivity index (χ0) is 34.6. The van der Waals surface area contributed by atoms with Gasteiger partial charge in [-0.1, -0.05) is 60.1 Å². The molecule has 0 spiro atoms. The third kappa shape index (κ3) is 7.09. The number of nitrogens with zero attached hydrogens (tertiary/aromatic N) is 3. The minimum atomic E-state index is 0.134. The Hall–Kier alpha value is -5.16. The molecule has 4 aromatic carbocycles. The Balaban J connectivity index is 1.07. The summed E-state index contributed by atoms with van der Waals surface area (Å²) in [6.07, 6.45) is 6.57. The van der Waals surface area contributed by atoms with Crippen LogP contribution in [0.25, 0.3) is 27.1 Å². The van der Waals surface area contributed by atoms with E-state index in [1.807, 2.05) is 12.1 Å². The van der Waals surface area contributed by atoms with Gasteiger partial charge in [-0.3, -0.25) is 14.7 Å². The average molecular weight is 684 g/mol. The van der Waals surface area contributed by atoms with Crippen LogP contribution in [0.4, 0.5) is 5.69 Å². The van der Waals surface area contributed by atoms with Crippen LogP contribution in [0, 0.1) is 26.3 Å². The van der Waals surface area contributed by atoms with Crippen LogP contribution >= 0.6 is 11.6 Å². The third-order valence-electron chi connectivity index (χ3n) is 10.00. The Kier molecular flexibility index (Phi) is 9.84. The van der Waals surface area contributed by atoms with Gasteiger partial charge in [0.2, 0.25) is 5.69 Å². The lowest BCUT2D eigenvalue weighted by Crippen LogP contribution is -2.52. The molecule has 50 heavy (non-hydrogen) atoms. The number of aldehydes is 1. The second-order valence-electron chi connectivity index (χ2n) is 13.1. The lowest BCUT2D eigenvalue weighted by Gasteiger charge is -2.44. The highest BCUT2D eigenvalue weighted by Gasteiger charge is 2.35. The molecular formula is C42H38ClN3O4. The lowest BCUT2D eigenvalue weighted by molar-refractivity contribution is -0.00775. The molecule has 3 aliphatic heterocycles. The van der Waals surface area contributed by atoms with E-state index in [9.17, 15) is 4.79 Å². The first-order valence-corrected chi connectivity index (χ1v) is 17.3. The number of halogens is 1. The first-order chi connectivity index (χ1) is 24.4. The van der Waals surface area contributed by atoms with Crippen molar-refractivity contribution in [2.75, 3.05) is 19.6 Å². The number of hydrogen-bond acceptors (Lipinski definition) is 6. The normalized spacial score (nSPS) is 17.9. The van der Waals surface area contributed by atoms with Gasteiger partial charge in [-0.15, -0.1) is 0 Å². The zero-order valence-electron chi connectivity index (χ0n) is 28.2. The topological polar surface area (TPSA) is 65.2 Å². The molecule has 4 heterocycles. The molecule has 8 rings (SSSR count). The minimum Gasteiger partial charge on any atom is -0.489 e. The summed E-state index contributed by atoms with van der Waals surface area (Å²) in [5.74, 6) is 2.35. The number of fused-ring (bicyclic) bond motifs is 3. The highest BCUT2D eigenvalue weighted by Crippen LogP contribution is 2.37. The Labute approximate surface area is 298 Å². The van der Waals surface area contributed by atoms with E-state index in [2.05, 4.69) is 77.1 Å². The first-order valence-electron chi connectivity index (χ1n) is 16.9. The van der Waals surface area contributed by atoms with Crippen LogP contribution < -0.4 is 14.2 Å². The van der Waals surface area contributed by atoms with Crippen molar-refractivity contribution in [3.05, 3.63) is 136 Å². The number of piperidine rings is 3. The molecule has 3 fully saturated rings. The van der Waals surface area contributed by atoms with Gasteiger partial charge in [-0.25, -0.2) is 4.85 Å². The van der Waals surface area contributed by atoms with E-state index in [-0.39, 0.29) is 19.3 Å². The molecule has 0 radical (unpaired) electrons. The molecule has 3 saturated heterocycles. The van der Waals surface area contributed by atoms with Gasteiger partial charge in [0, 0.05) is 25.0 Å². The number of carbonyl (C=O) groups is 1. The highest BCUT2D eigenvalue weighted by atomic mass is 35.5. The summed E-state index contributed by atoms with van der Waals surface area (Å²) in [5, 5.41) is 0.314. The lowest BCUT2D eigenvalue weighted by atomic mass is 9.86. The van der Waals surface area contributed by atoms with Gasteiger partial charge in [-0.2, -0.15) is 0 Å². The van der Waals surface area contributed by atoms with Crippen LogP contribution in [-0.4, -0.2) is 41.9 Å². The highest BCUT2D eigenvalue weighted by molar-refractivity contribution is 6.32. The standard InChI is InChI=1S/C42H38ClN3O4/c1-27-32(26-49-41-20-40(33(24-47)19-39(41)43)48-25-29-18-34(44-3)22-45-21-29)6-4-8-37(27)38-9-5-7-36(28(38)2)30-10-12-35(13-11-30)50-42-23-46-16-14-31(42)15-17-46/h4-13,18-22,24,31,42H,14-17,23,25-26H2,1-2H3. The van der Waals surface area contributed by atoms with E-state index in [1.165, 1.54) is 43.3 Å². The van der Waals surface area contributed by atoms with E-state index >= 15 is 0 Å². The van der Waals surface area contributed by atoms with Crippen LogP contribution in [0.1, 0.15) is 45.5 Å². The molecule has 8 heteroatoms. The van der Waals surface area contributed by atoms with Crippen LogP contribution in [-0.2, 0) is 13.2 Å². The molecule has 1 unspecified atom stereocenters. The van der Waals surface area contributed by atoms with Crippen molar-refractivity contribution in [1.82, 2.24) is 9.88 Å². The Bertz CT molecular complexity index is 2070. The predicted octanol–water partition coefficient (Wildman–Crippen LogP) is 9.68. The van der Waals surface area contributed by atoms with Crippen LogP contribution in [0.15, 0.2) is 91.3 Å². The molecule has 0 N–H and O–H groups in total. The molecular weight excluding hydrogens is 646 g/mol. The number of hydrogen-bond donors (Lipinski definition) is 0. The number of benzene rings is 4. The van der Waals surface area contributed by atoms with Crippen LogP contribution in [0.2, 0.25) is 5.02 Å². The Morgan fingerprint density at radius 2 is 1.60 bits per heavy atom. The number of aromatic nitrogens is 1. The molecule has 0 amide bonds. The van der Waals surface area contributed by atoms with Gasteiger partial charge in [0.25, 0.3) is 0 Å². The number of ether oxygens (including phenoxy) is 3. The summed E-state index contributed by atoms with van der Waals surface area (Å²) in [6, 6.07) is 26.1. The van der Waals surface area contributed by atoms with E-state index < -0.39 is 0 Å². The summed E-state index contributed by atoms with van der Waals surface area (Å²) in [7, 11) is 0. The molecule has 2 bridgehead atoms. The number of rotatable bonds is 11. The van der Waals surface area contributed by atoms with Crippen LogP contribution in [0.5, 0.6) is 17.2 Å². The van der Waals surface area contributed by atoms with E-state index in [0.29, 0.717) is 45.5 Å². The molecule has 1 aromatic heterocycles. The van der Waals surface area contributed by atoms with Gasteiger partial charge >= 0.3 is 0 Å². The second-order valence-corrected chi connectivity index (χ2v) is 13.5. The van der Waals surface area contributed by atoms with Crippen molar-refractivity contribution in [2.24, 2.45) is 5.92 Å². The smallest absolute Gasteiger partial charge is 0.205 e. The Morgan fingerprint density at radius 1 is 0.880 bits per heavy atom. The molecule has 7 nitrogen and oxygen atoms in total. The number of carbonyl (C=O) groups excluding carboxylic acids is 1. The zero-order valence-corrected chi connectivity index (χ0v) is 29.0. The molecule has 0 saturated carbocycles. The van der Waals surface area contributed by atoms with Crippen molar-refractivity contribution in [1.29, 1.82) is 0 Å². The van der Waals surface area contributed by atoms with E-state index in [0.717, 1.165) is 40.1 Å². The molecule has 3 aliphatic rings. The molecule has 1 atom stereocenters. The second kappa shape index (κ2) is 14.8. The van der Waals surface area contributed by atoms with Crippen molar-refractivity contribution in [2.45, 2.75) is 46.0 Å². The van der Waals surface area contributed by atoms with Gasteiger partial charge in [0.05, 0.1) is 17.2 Å². The maximum atomic E-state index is 11.8. The van der Waals surface area contributed by atoms with Gasteiger partial charge < -0.3 is 14.2 Å². The molecule has 0 aliphatic carbocycles. The van der Waals surface area contributed by atoms with Crippen molar-refractivity contribution < 1.29 is 19.0 Å². The van der Waals surface area contributed by atoms with Crippen molar-refractivity contribution in [3.8, 4) is 39.5 Å².